The molecular weight excluding hydrogens is 226 g/mol. The first-order valence-corrected chi connectivity index (χ1v) is 6.08. The molecule has 0 aromatic heterocycles. The molecule has 4 nitrogen and oxygen atoms in total. The molecular formula is C14H17N3O. The number of nitriles is 1. The molecule has 1 aliphatic rings. The van der Waals surface area contributed by atoms with Gasteiger partial charge in [0.2, 0.25) is 5.91 Å². The van der Waals surface area contributed by atoms with Crippen LogP contribution in [0.2, 0.25) is 0 Å². The first-order valence-electron chi connectivity index (χ1n) is 6.08. The van der Waals surface area contributed by atoms with Crippen molar-refractivity contribution in [3.05, 3.63) is 23.8 Å². The summed E-state index contributed by atoms with van der Waals surface area (Å²) in [6.07, 6.45) is 0. The fourth-order valence-corrected chi connectivity index (χ4v) is 2.21. The Morgan fingerprint density at radius 1 is 1.39 bits per heavy atom. The van der Waals surface area contributed by atoms with Crippen molar-refractivity contribution in [1.29, 1.82) is 5.26 Å². The highest BCUT2D eigenvalue weighted by atomic mass is 16.2. The summed E-state index contributed by atoms with van der Waals surface area (Å²) in [6, 6.07) is 7.62. The first kappa shape index (κ1) is 12.4. The van der Waals surface area contributed by atoms with Gasteiger partial charge in [-0.05, 0) is 24.1 Å². The number of anilines is 2. The topological polar surface area (TPSA) is 47.3 Å². The Morgan fingerprint density at radius 3 is 2.72 bits per heavy atom. The van der Waals surface area contributed by atoms with Gasteiger partial charge in [0.25, 0.3) is 0 Å². The van der Waals surface area contributed by atoms with Gasteiger partial charge in [0.1, 0.15) is 0 Å². The van der Waals surface area contributed by atoms with Crippen LogP contribution in [0.3, 0.4) is 0 Å². The lowest BCUT2D eigenvalue weighted by atomic mass is 10.1. The van der Waals surface area contributed by atoms with Crippen molar-refractivity contribution in [3.63, 3.8) is 0 Å². The van der Waals surface area contributed by atoms with Crippen LogP contribution in [-0.4, -0.2) is 26.0 Å². The van der Waals surface area contributed by atoms with Gasteiger partial charge in [-0.15, -0.1) is 0 Å². The Morgan fingerprint density at radius 2 is 2.11 bits per heavy atom. The summed E-state index contributed by atoms with van der Waals surface area (Å²) < 4.78 is 0. The SMILES string of the molecule is CC(C)CN1C(=O)CN(C)c2ccc(C#N)cc21. The Hall–Kier alpha value is -2.02. The van der Waals surface area contributed by atoms with Gasteiger partial charge in [-0.25, -0.2) is 0 Å². The molecule has 0 spiro atoms. The quantitative estimate of drug-likeness (QED) is 0.798. The molecule has 0 fully saturated rings. The number of hydrogen-bond acceptors (Lipinski definition) is 3. The molecule has 4 heteroatoms. The molecule has 1 aromatic rings. The second-order valence-electron chi connectivity index (χ2n) is 5.07. The second-order valence-corrected chi connectivity index (χ2v) is 5.07. The van der Waals surface area contributed by atoms with Crippen LogP contribution in [0.15, 0.2) is 18.2 Å². The molecule has 0 unspecified atom stereocenters. The summed E-state index contributed by atoms with van der Waals surface area (Å²) in [5.41, 5.74) is 2.45. The Kier molecular flexibility index (Phi) is 3.24. The van der Waals surface area contributed by atoms with Crippen LogP contribution >= 0.6 is 0 Å². The number of nitrogens with zero attached hydrogens (tertiary/aromatic N) is 3. The van der Waals surface area contributed by atoms with E-state index >= 15 is 0 Å². The van der Waals surface area contributed by atoms with E-state index in [9.17, 15) is 4.79 Å². The van der Waals surface area contributed by atoms with Gasteiger partial charge >= 0.3 is 0 Å². The minimum atomic E-state index is 0.0915. The number of hydrogen-bond donors (Lipinski definition) is 0. The summed E-state index contributed by atoms with van der Waals surface area (Å²) in [5, 5.41) is 8.97. The van der Waals surface area contributed by atoms with Gasteiger partial charge in [-0.3, -0.25) is 4.79 Å². The molecule has 1 amide bonds. The molecule has 1 heterocycles. The molecule has 0 N–H and O–H groups in total. The van der Waals surface area contributed by atoms with E-state index in [-0.39, 0.29) is 5.91 Å². The van der Waals surface area contributed by atoms with E-state index in [1.807, 2.05) is 18.0 Å². The van der Waals surface area contributed by atoms with Gasteiger partial charge in [0.05, 0.1) is 29.6 Å². The largest absolute Gasteiger partial charge is 0.364 e. The zero-order valence-corrected chi connectivity index (χ0v) is 11.0. The van der Waals surface area contributed by atoms with E-state index in [2.05, 4.69) is 19.9 Å². The van der Waals surface area contributed by atoms with Gasteiger partial charge in [-0.1, -0.05) is 13.8 Å². The van der Waals surface area contributed by atoms with Crippen molar-refractivity contribution < 1.29 is 4.79 Å². The van der Waals surface area contributed by atoms with Crippen LogP contribution in [0.1, 0.15) is 19.4 Å². The van der Waals surface area contributed by atoms with Crippen molar-refractivity contribution >= 4 is 17.3 Å². The maximum Gasteiger partial charge on any atom is 0.246 e. The molecule has 0 atom stereocenters. The van der Waals surface area contributed by atoms with Crippen LogP contribution in [0.4, 0.5) is 11.4 Å². The molecule has 0 saturated heterocycles. The molecule has 1 aromatic carbocycles. The lowest BCUT2D eigenvalue weighted by molar-refractivity contribution is -0.117. The third-order valence-electron chi connectivity index (χ3n) is 3.03. The van der Waals surface area contributed by atoms with E-state index in [0.29, 0.717) is 24.6 Å². The van der Waals surface area contributed by atoms with Crippen LogP contribution in [-0.2, 0) is 4.79 Å². The van der Waals surface area contributed by atoms with E-state index in [0.717, 1.165) is 11.4 Å². The normalized spacial score (nSPS) is 14.7. The maximum absolute atomic E-state index is 12.1. The molecule has 0 radical (unpaired) electrons. The second kappa shape index (κ2) is 4.69. The average molecular weight is 243 g/mol. The highest BCUT2D eigenvalue weighted by Crippen LogP contribution is 2.33. The number of amides is 1. The Bertz CT molecular complexity index is 516. The first-order chi connectivity index (χ1) is 8.52. The average Bonchev–Trinajstić information content (AvgIpc) is 2.33. The van der Waals surface area contributed by atoms with Crippen LogP contribution in [0, 0.1) is 17.2 Å². The van der Waals surface area contributed by atoms with E-state index < -0.39 is 0 Å². The molecule has 18 heavy (non-hydrogen) atoms. The lowest BCUT2D eigenvalue weighted by Gasteiger charge is -2.36. The van der Waals surface area contributed by atoms with E-state index in [4.69, 9.17) is 5.26 Å². The fourth-order valence-electron chi connectivity index (χ4n) is 2.21. The predicted octanol–water partition coefficient (Wildman–Crippen LogP) is 2.00. The van der Waals surface area contributed by atoms with Crippen molar-refractivity contribution in [2.75, 3.05) is 29.9 Å². The highest BCUT2D eigenvalue weighted by molar-refractivity contribution is 6.03. The molecule has 0 saturated carbocycles. The summed E-state index contributed by atoms with van der Waals surface area (Å²) in [5.74, 6) is 0.490. The molecule has 2 rings (SSSR count). The number of benzene rings is 1. The third-order valence-corrected chi connectivity index (χ3v) is 3.03. The number of rotatable bonds is 2. The van der Waals surface area contributed by atoms with Crippen molar-refractivity contribution in [2.45, 2.75) is 13.8 Å². The zero-order chi connectivity index (χ0) is 13.3. The van der Waals surface area contributed by atoms with Gasteiger partial charge in [-0.2, -0.15) is 5.26 Å². The number of carbonyl (C=O) groups excluding carboxylic acids is 1. The van der Waals surface area contributed by atoms with E-state index in [1.165, 1.54) is 0 Å². The lowest BCUT2D eigenvalue weighted by Crippen LogP contribution is -2.45. The number of likely N-dealkylation sites (N-methyl/N-ethyl adjacent to an activating group) is 1. The third kappa shape index (κ3) is 2.17. The Balaban J connectivity index is 2.48. The van der Waals surface area contributed by atoms with Crippen molar-refractivity contribution in [3.8, 4) is 6.07 Å². The van der Waals surface area contributed by atoms with Gasteiger partial charge < -0.3 is 9.80 Å². The summed E-state index contributed by atoms with van der Waals surface area (Å²) in [4.78, 5) is 15.8. The number of fused-ring (bicyclic) bond motifs is 1. The molecule has 0 bridgehead atoms. The maximum atomic E-state index is 12.1. The molecule has 0 aliphatic carbocycles. The Labute approximate surface area is 107 Å². The van der Waals surface area contributed by atoms with Gasteiger partial charge in [0.15, 0.2) is 0 Å². The smallest absolute Gasteiger partial charge is 0.246 e. The molecule has 1 aliphatic heterocycles. The van der Waals surface area contributed by atoms with E-state index in [1.54, 1.807) is 17.0 Å². The van der Waals surface area contributed by atoms with Gasteiger partial charge in [0, 0.05) is 13.6 Å². The summed E-state index contributed by atoms with van der Waals surface area (Å²) in [6.45, 7) is 5.25. The highest BCUT2D eigenvalue weighted by Gasteiger charge is 2.27. The molecule has 94 valence electrons. The predicted molar refractivity (Wildman–Crippen MR) is 71.6 cm³/mol. The van der Waals surface area contributed by atoms with Crippen molar-refractivity contribution in [2.24, 2.45) is 5.92 Å². The van der Waals surface area contributed by atoms with Crippen LogP contribution in [0.5, 0.6) is 0 Å². The monoisotopic (exact) mass is 243 g/mol. The minimum absolute atomic E-state index is 0.0915. The number of carbonyl (C=O) groups is 1. The fraction of sp³-hybridized carbons (Fsp3) is 0.429. The summed E-state index contributed by atoms with van der Waals surface area (Å²) >= 11 is 0. The van der Waals surface area contributed by atoms with Crippen LogP contribution < -0.4 is 9.80 Å². The van der Waals surface area contributed by atoms with Crippen molar-refractivity contribution in [1.82, 2.24) is 0 Å². The minimum Gasteiger partial charge on any atom is -0.364 e. The zero-order valence-electron chi connectivity index (χ0n) is 11.0. The standard InChI is InChI=1S/C14H17N3O/c1-10(2)8-17-13-6-11(7-15)4-5-12(13)16(3)9-14(17)18/h4-6,10H,8-9H2,1-3H3. The van der Waals surface area contributed by atoms with Crippen LogP contribution in [0.25, 0.3) is 0 Å². The summed E-state index contributed by atoms with van der Waals surface area (Å²) in [7, 11) is 1.90.